The van der Waals surface area contributed by atoms with E-state index in [2.05, 4.69) is 12.2 Å². The number of nitrogens with two attached hydrogens (primary N) is 1. The van der Waals surface area contributed by atoms with E-state index in [-0.39, 0.29) is 6.61 Å². The second kappa shape index (κ2) is 7.20. The highest BCUT2D eigenvalue weighted by atomic mass is 16.3. The minimum Gasteiger partial charge on any atom is -0.396 e. The van der Waals surface area contributed by atoms with Gasteiger partial charge in [0.25, 0.3) is 0 Å². The van der Waals surface area contributed by atoms with Crippen LogP contribution in [0.15, 0.2) is 0 Å². The summed E-state index contributed by atoms with van der Waals surface area (Å²) in [5.74, 6) is 0.755. The topological polar surface area (TPSA) is 58.3 Å². The minimum atomic E-state index is 0.260. The van der Waals surface area contributed by atoms with E-state index in [0.29, 0.717) is 12.1 Å². The van der Waals surface area contributed by atoms with Crippen LogP contribution in [0.1, 0.15) is 45.4 Å². The fourth-order valence-corrected chi connectivity index (χ4v) is 2.58. The molecular formula is C12H26N2O. The Hall–Kier alpha value is -0.120. The van der Waals surface area contributed by atoms with Crippen LogP contribution < -0.4 is 11.1 Å². The zero-order valence-electron chi connectivity index (χ0n) is 9.91. The van der Waals surface area contributed by atoms with Crippen molar-refractivity contribution in [3.63, 3.8) is 0 Å². The molecular weight excluding hydrogens is 188 g/mol. The minimum absolute atomic E-state index is 0.260. The van der Waals surface area contributed by atoms with Crippen molar-refractivity contribution in [1.29, 1.82) is 0 Å². The summed E-state index contributed by atoms with van der Waals surface area (Å²) in [6, 6.07) is 0.831. The summed E-state index contributed by atoms with van der Waals surface area (Å²) in [4.78, 5) is 0. The lowest BCUT2D eigenvalue weighted by Gasteiger charge is -2.32. The van der Waals surface area contributed by atoms with Crippen LogP contribution in [-0.4, -0.2) is 30.3 Å². The third-order valence-electron chi connectivity index (χ3n) is 3.53. The van der Waals surface area contributed by atoms with Gasteiger partial charge in [-0.15, -0.1) is 0 Å². The molecule has 0 aromatic carbocycles. The summed E-state index contributed by atoms with van der Waals surface area (Å²) in [5.41, 5.74) is 5.82. The summed E-state index contributed by atoms with van der Waals surface area (Å²) in [7, 11) is 0. The van der Waals surface area contributed by atoms with Gasteiger partial charge in [-0.2, -0.15) is 0 Å². The second-order valence-electron chi connectivity index (χ2n) is 4.82. The van der Waals surface area contributed by atoms with Crippen LogP contribution in [0.2, 0.25) is 0 Å². The Labute approximate surface area is 93.4 Å². The monoisotopic (exact) mass is 214 g/mol. The molecule has 1 saturated carbocycles. The van der Waals surface area contributed by atoms with Crippen LogP contribution in [0, 0.1) is 5.92 Å². The molecule has 0 aromatic rings. The van der Waals surface area contributed by atoms with E-state index in [1.807, 2.05) is 0 Å². The van der Waals surface area contributed by atoms with Gasteiger partial charge >= 0.3 is 0 Å². The lowest BCUT2D eigenvalue weighted by molar-refractivity contribution is 0.229. The quantitative estimate of drug-likeness (QED) is 0.624. The van der Waals surface area contributed by atoms with Crippen LogP contribution in [-0.2, 0) is 0 Å². The van der Waals surface area contributed by atoms with E-state index in [0.717, 1.165) is 18.9 Å². The Kier molecular flexibility index (Phi) is 6.22. The van der Waals surface area contributed by atoms with Crippen molar-refractivity contribution in [3.8, 4) is 0 Å². The molecule has 0 aliphatic heterocycles. The molecule has 1 rings (SSSR count). The van der Waals surface area contributed by atoms with Crippen molar-refractivity contribution in [2.24, 2.45) is 11.7 Å². The van der Waals surface area contributed by atoms with Gasteiger partial charge in [0, 0.05) is 25.2 Å². The molecule has 2 unspecified atom stereocenters. The van der Waals surface area contributed by atoms with Gasteiger partial charge in [-0.1, -0.05) is 19.3 Å². The average Bonchev–Trinajstić information content (AvgIpc) is 2.27. The second-order valence-corrected chi connectivity index (χ2v) is 4.82. The van der Waals surface area contributed by atoms with Crippen molar-refractivity contribution in [1.82, 2.24) is 5.32 Å². The molecule has 0 amide bonds. The predicted molar refractivity (Wildman–Crippen MR) is 63.7 cm³/mol. The van der Waals surface area contributed by atoms with Gasteiger partial charge in [-0.3, -0.25) is 0 Å². The van der Waals surface area contributed by atoms with Gasteiger partial charge in [-0.25, -0.2) is 0 Å². The predicted octanol–water partition coefficient (Wildman–Crippen LogP) is 1.25. The van der Waals surface area contributed by atoms with Crippen molar-refractivity contribution < 1.29 is 5.11 Å². The first-order valence-corrected chi connectivity index (χ1v) is 6.35. The van der Waals surface area contributed by atoms with Gasteiger partial charge in [0.05, 0.1) is 0 Å². The molecule has 15 heavy (non-hydrogen) atoms. The SMILES string of the molecule is CC(CCO)NC(CN)C1CCCCC1. The summed E-state index contributed by atoms with van der Waals surface area (Å²) < 4.78 is 0. The van der Waals surface area contributed by atoms with E-state index in [9.17, 15) is 0 Å². The molecule has 0 spiro atoms. The van der Waals surface area contributed by atoms with Crippen LogP contribution >= 0.6 is 0 Å². The lowest BCUT2D eigenvalue weighted by Crippen LogP contribution is -2.47. The molecule has 90 valence electrons. The fraction of sp³-hybridized carbons (Fsp3) is 1.00. The average molecular weight is 214 g/mol. The Balaban J connectivity index is 2.32. The standard InChI is InChI=1S/C12H26N2O/c1-10(7-8-15)14-12(9-13)11-5-3-2-4-6-11/h10-12,14-15H,2-9,13H2,1H3. The van der Waals surface area contributed by atoms with E-state index >= 15 is 0 Å². The molecule has 0 bridgehead atoms. The van der Waals surface area contributed by atoms with Gasteiger partial charge in [-0.05, 0) is 32.1 Å². The van der Waals surface area contributed by atoms with E-state index < -0.39 is 0 Å². The van der Waals surface area contributed by atoms with Crippen LogP contribution in [0.3, 0.4) is 0 Å². The number of hydrogen-bond donors (Lipinski definition) is 3. The maximum Gasteiger partial charge on any atom is 0.0445 e. The molecule has 0 heterocycles. The van der Waals surface area contributed by atoms with E-state index in [4.69, 9.17) is 10.8 Å². The number of aliphatic hydroxyl groups is 1. The highest BCUT2D eigenvalue weighted by molar-refractivity contribution is 4.82. The van der Waals surface area contributed by atoms with Crippen molar-refractivity contribution in [2.45, 2.75) is 57.5 Å². The number of rotatable bonds is 6. The van der Waals surface area contributed by atoms with Gasteiger partial charge in [0.1, 0.15) is 0 Å². The molecule has 0 aromatic heterocycles. The first-order valence-electron chi connectivity index (χ1n) is 6.35. The van der Waals surface area contributed by atoms with Gasteiger partial charge in [0.2, 0.25) is 0 Å². The normalized spacial score (nSPS) is 22.6. The van der Waals surface area contributed by atoms with Crippen LogP contribution in [0.4, 0.5) is 0 Å². The Morgan fingerprint density at radius 2 is 2.00 bits per heavy atom. The van der Waals surface area contributed by atoms with E-state index in [1.54, 1.807) is 0 Å². The molecule has 4 N–H and O–H groups in total. The third kappa shape index (κ3) is 4.49. The smallest absolute Gasteiger partial charge is 0.0445 e. The molecule has 0 saturated heterocycles. The molecule has 0 radical (unpaired) electrons. The lowest BCUT2D eigenvalue weighted by atomic mass is 9.83. The van der Waals surface area contributed by atoms with Crippen molar-refractivity contribution in [3.05, 3.63) is 0 Å². The van der Waals surface area contributed by atoms with Gasteiger partial charge < -0.3 is 16.2 Å². The molecule has 1 aliphatic rings. The number of aliphatic hydroxyl groups excluding tert-OH is 1. The van der Waals surface area contributed by atoms with E-state index in [1.165, 1.54) is 32.1 Å². The first kappa shape index (κ1) is 12.9. The third-order valence-corrected chi connectivity index (χ3v) is 3.53. The maximum atomic E-state index is 8.86. The summed E-state index contributed by atoms with van der Waals surface area (Å²) in [5, 5.41) is 12.4. The molecule has 1 fully saturated rings. The largest absolute Gasteiger partial charge is 0.396 e. The maximum absolute atomic E-state index is 8.86. The molecule has 2 atom stereocenters. The zero-order chi connectivity index (χ0) is 11.1. The summed E-state index contributed by atoms with van der Waals surface area (Å²) in [6.07, 6.45) is 7.57. The van der Waals surface area contributed by atoms with Crippen molar-refractivity contribution in [2.75, 3.05) is 13.2 Å². The first-order chi connectivity index (χ1) is 7.27. The summed E-state index contributed by atoms with van der Waals surface area (Å²) >= 11 is 0. The highest BCUT2D eigenvalue weighted by Crippen LogP contribution is 2.26. The van der Waals surface area contributed by atoms with Crippen molar-refractivity contribution >= 4 is 0 Å². The number of hydrogen-bond acceptors (Lipinski definition) is 3. The van der Waals surface area contributed by atoms with Crippen LogP contribution in [0.5, 0.6) is 0 Å². The van der Waals surface area contributed by atoms with Gasteiger partial charge in [0.15, 0.2) is 0 Å². The summed E-state index contributed by atoms with van der Waals surface area (Å²) in [6.45, 7) is 3.11. The Morgan fingerprint density at radius 3 is 2.53 bits per heavy atom. The van der Waals surface area contributed by atoms with Crippen LogP contribution in [0.25, 0.3) is 0 Å². The molecule has 3 nitrogen and oxygen atoms in total. The number of nitrogens with one attached hydrogen (secondary N) is 1. The fourth-order valence-electron chi connectivity index (χ4n) is 2.58. The molecule has 1 aliphatic carbocycles. The molecule has 3 heteroatoms. The Morgan fingerprint density at radius 1 is 1.33 bits per heavy atom. The highest BCUT2D eigenvalue weighted by Gasteiger charge is 2.23. The zero-order valence-corrected chi connectivity index (χ0v) is 9.91. The Bertz CT molecular complexity index is 158.